The van der Waals surface area contributed by atoms with Crippen LogP contribution in [0.25, 0.3) is 10.8 Å². The summed E-state index contributed by atoms with van der Waals surface area (Å²) in [5.74, 6) is -1.45. The summed E-state index contributed by atoms with van der Waals surface area (Å²) in [6.07, 6.45) is 0.725. The number of amides is 1. The molecule has 0 spiro atoms. The lowest BCUT2D eigenvalue weighted by Gasteiger charge is -2.19. The summed E-state index contributed by atoms with van der Waals surface area (Å²) >= 11 is 0. The van der Waals surface area contributed by atoms with Crippen molar-refractivity contribution >= 4 is 28.3 Å². The van der Waals surface area contributed by atoms with Crippen molar-refractivity contribution in [3.8, 4) is 5.75 Å². The van der Waals surface area contributed by atoms with E-state index in [4.69, 9.17) is 4.74 Å². The number of anilines is 1. The molecule has 7 heteroatoms. The van der Waals surface area contributed by atoms with Crippen LogP contribution < -0.4 is 15.6 Å². The number of aromatic nitrogens is 1. The Morgan fingerprint density at radius 1 is 1.03 bits per heavy atom. The van der Waals surface area contributed by atoms with E-state index in [0.717, 1.165) is 6.42 Å². The summed E-state index contributed by atoms with van der Waals surface area (Å²) in [5.41, 5.74) is -0.119. The summed E-state index contributed by atoms with van der Waals surface area (Å²) in [5, 5.41) is 13.0. The van der Waals surface area contributed by atoms with Gasteiger partial charge in [-0.25, -0.2) is 4.79 Å². The quantitative estimate of drug-likeness (QED) is 0.636. The van der Waals surface area contributed by atoms with Crippen LogP contribution in [0.2, 0.25) is 0 Å². The molecule has 0 radical (unpaired) electrons. The number of carbonyl (C=O) groups excluding carboxylic acids is 1. The van der Waals surface area contributed by atoms with E-state index in [1.165, 1.54) is 16.7 Å². The Kier molecular flexibility index (Phi) is 5.97. The van der Waals surface area contributed by atoms with Gasteiger partial charge in [-0.05, 0) is 31.5 Å². The average Bonchev–Trinajstić information content (AvgIpc) is 2.73. The molecular formula is C22H22N2O5. The van der Waals surface area contributed by atoms with Crippen LogP contribution in [-0.4, -0.2) is 28.2 Å². The first-order valence-electron chi connectivity index (χ1n) is 9.41. The van der Waals surface area contributed by atoms with Gasteiger partial charge in [0.15, 0.2) is 11.4 Å². The highest BCUT2D eigenvalue weighted by molar-refractivity contribution is 6.10. The molecule has 3 aromatic rings. The van der Waals surface area contributed by atoms with Gasteiger partial charge in [0.2, 0.25) is 0 Å². The normalized spacial score (nSPS) is 10.7. The summed E-state index contributed by atoms with van der Waals surface area (Å²) < 4.78 is 7.25. The van der Waals surface area contributed by atoms with E-state index in [0.29, 0.717) is 23.1 Å². The van der Waals surface area contributed by atoms with Gasteiger partial charge in [0.25, 0.3) is 11.5 Å². The molecule has 0 aliphatic rings. The molecule has 1 amide bonds. The molecule has 2 aromatic carbocycles. The zero-order chi connectivity index (χ0) is 21.0. The predicted octanol–water partition coefficient (Wildman–Crippen LogP) is 3.76. The van der Waals surface area contributed by atoms with Crippen LogP contribution in [-0.2, 0) is 6.54 Å². The number of para-hydroxylation sites is 1. The Balaban J connectivity index is 2.21. The molecule has 1 aromatic heterocycles. The fraction of sp³-hybridized carbons (Fsp3) is 0.227. The molecule has 3 rings (SSSR count). The number of fused-ring (bicyclic) bond motifs is 1. The van der Waals surface area contributed by atoms with Crippen molar-refractivity contribution in [3.63, 3.8) is 0 Å². The van der Waals surface area contributed by atoms with Crippen molar-refractivity contribution in [2.75, 3.05) is 11.9 Å². The van der Waals surface area contributed by atoms with E-state index < -0.39 is 11.9 Å². The van der Waals surface area contributed by atoms with Gasteiger partial charge in [0, 0.05) is 11.9 Å². The SMILES string of the molecule is CCCOc1c(C(=O)Nc2ccccc2C(=O)O)n(CC)c(=O)c2ccccc12. The lowest BCUT2D eigenvalue weighted by atomic mass is 10.1. The molecule has 0 bridgehead atoms. The minimum Gasteiger partial charge on any atom is -0.491 e. The maximum absolute atomic E-state index is 13.2. The first-order valence-corrected chi connectivity index (χ1v) is 9.41. The number of ether oxygens (including phenoxy) is 1. The van der Waals surface area contributed by atoms with E-state index in [1.54, 1.807) is 43.3 Å². The fourth-order valence-electron chi connectivity index (χ4n) is 3.20. The van der Waals surface area contributed by atoms with Crippen molar-refractivity contribution in [2.45, 2.75) is 26.8 Å². The third kappa shape index (κ3) is 3.85. The standard InChI is InChI=1S/C22H22N2O5/c1-3-13-29-19-14-9-5-6-10-15(14)21(26)24(4-2)18(19)20(25)23-17-12-8-7-11-16(17)22(27)28/h5-12H,3-4,13H2,1-2H3,(H,23,25)(H,27,28). The highest BCUT2D eigenvalue weighted by atomic mass is 16.5. The van der Waals surface area contributed by atoms with Gasteiger partial charge in [-0.15, -0.1) is 0 Å². The molecule has 29 heavy (non-hydrogen) atoms. The summed E-state index contributed by atoms with van der Waals surface area (Å²) in [6, 6.07) is 13.1. The number of aromatic carboxylic acids is 1. The Hall–Kier alpha value is -3.61. The lowest BCUT2D eigenvalue weighted by Crippen LogP contribution is -2.30. The van der Waals surface area contributed by atoms with Gasteiger partial charge < -0.3 is 19.7 Å². The number of nitrogens with one attached hydrogen (secondary N) is 1. The zero-order valence-corrected chi connectivity index (χ0v) is 16.3. The second-order valence-corrected chi connectivity index (χ2v) is 6.43. The Morgan fingerprint density at radius 3 is 2.34 bits per heavy atom. The van der Waals surface area contributed by atoms with Crippen LogP contribution in [0, 0.1) is 0 Å². The Labute approximate surface area is 167 Å². The van der Waals surface area contributed by atoms with Gasteiger partial charge in [0.05, 0.1) is 23.2 Å². The molecule has 0 saturated heterocycles. The maximum Gasteiger partial charge on any atom is 0.337 e. The monoisotopic (exact) mass is 394 g/mol. The smallest absolute Gasteiger partial charge is 0.337 e. The molecule has 0 atom stereocenters. The molecule has 150 valence electrons. The number of rotatable bonds is 7. The molecule has 0 fully saturated rings. The first kappa shape index (κ1) is 20.1. The third-order valence-electron chi connectivity index (χ3n) is 4.52. The maximum atomic E-state index is 13.2. The van der Waals surface area contributed by atoms with Crippen LogP contribution in [0.15, 0.2) is 53.3 Å². The van der Waals surface area contributed by atoms with E-state index in [-0.39, 0.29) is 29.0 Å². The minimum atomic E-state index is -1.16. The molecule has 0 aliphatic heterocycles. The highest BCUT2D eigenvalue weighted by Crippen LogP contribution is 2.29. The van der Waals surface area contributed by atoms with Crippen LogP contribution in [0.1, 0.15) is 41.1 Å². The Morgan fingerprint density at radius 2 is 1.69 bits per heavy atom. The number of benzene rings is 2. The van der Waals surface area contributed by atoms with Gasteiger partial charge in [0.1, 0.15) is 0 Å². The molecule has 0 saturated carbocycles. The largest absolute Gasteiger partial charge is 0.491 e. The van der Waals surface area contributed by atoms with Crippen LogP contribution >= 0.6 is 0 Å². The number of hydrogen-bond acceptors (Lipinski definition) is 4. The number of hydrogen-bond donors (Lipinski definition) is 2. The summed E-state index contributed by atoms with van der Waals surface area (Å²) in [6.45, 7) is 4.34. The van der Waals surface area contributed by atoms with E-state index >= 15 is 0 Å². The summed E-state index contributed by atoms with van der Waals surface area (Å²) in [7, 11) is 0. The number of nitrogens with zero attached hydrogens (tertiary/aromatic N) is 1. The lowest BCUT2D eigenvalue weighted by molar-refractivity contribution is 0.0698. The first-order chi connectivity index (χ1) is 14.0. The molecular weight excluding hydrogens is 372 g/mol. The minimum absolute atomic E-state index is 0.0388. The second kappa shape index (κ2) is 8.60. The number of carboxylic acids is 1. The highest BCUT2D eigenvalue weighted by Gasteiger charge is 2.24. The second-order valence-electron chi connectivity index (χ2n) is 6.43. The molecule has 2 N–H and O–H groups in total. The molecule has 7 nitrogen and oxygen atoms in total. The topological polar surface area (TPSA) is 97.6 Å². The fourth-order valence-corrected chi connectivity index (χ4v) is 3.20. The van der Waals surface area contributed by atoms with Crippen LogP contribution in [0.5, 0.6) is 5.75 Å². The number of carbonyl (C=O) groups is 2. The zero-order valence-electron chi connectivity index (χ0n) is 16.3. The van der Waals surface area contributed by atoms with Crippen molar-refractivity contribution in [2.24, 2.45) is 0 Å². The van der Waals surface area contributed by atoms with Crippen molar-refractivity contribution < 1.29 is 19.4 Å². The third-order valence-corrected chi connectivity index (χ3v) is 4.52. The van der Waals surface area contributed by atoms with E-state index in [2.05, 4.69) is 5.32 Å². The molecule has 1 heterocycles. The average molecular weight is 394 g/mol. The number of pyridine rings is 1. The molecule has 0 unspecified atom stereocenters. The van der Waals surface area contributed by atoms with Crippen molar-refractivity contribution in [1.82, 2.24) is 4.57 Å². The molecule has 0 aliphatic carbocycles. The summed E-state index contributed by atoms with van der Waals surface area (Å²) in [4.78, 5) is 37.6. The van der Waals surface area contributed by atoms with Crippen molar-refractivity contribution in [3.05, 3.63) is 70.1 Å². The van der Waals surface area contributed by atoms with E-state index in [1.807, 2.05) is 6.92 Å². The van der Waals surface area contributed by atoms with Crippen molar-refractivity contribution in [1.29, 1.82) is 0 Å². The van der Waals surface area contributed by atoms with Crippen LogP contribution in [0.4, 0.5) is 5.69 Å². The van der Waals surface area contributed by atoms with Gasteiger partial charge in [-0.1, -0.05) is 37.3 Å². The van der Waals surface area contributed by atoms with E-state index in [9.17, 15) is 19.5 Å². The Bertz CT molecular complexity index is 1130. The van der Waals surface area contributed by atoms with Gasteiger partial charge >= 0.3 is 5.97 Å². The van der Waals surface area contributed by atoms with Gasteiger partial charge in [-0.2, -0.15) is 0 Å². The number of carboxylic acid groups (broad SMARTS) is 1. The predicted molar refractivity (Wildman–Crippen MR) is 111 cm³/mol. The van der Waals surface area contributed by atoms with Gasteiger partial charge in [-0.3, -0.25) is 9.59 Å². The van der Waals surface area contributed by atoms with Crippen LogP contribution in [0.3, 0.4) is 0 Å².